The fourth-order valence-electron chi connectivity index (χ4n) is 2.43. The highest BCUT2D eigenvalue weighted by atomic mass is 35.5. The fourth-order valence-corrected chi connectivity index (χ4v) is 4.08. The molecule has 0 bridgehead atoms. The van der Waals surface area contributed by atoms with Gasteiger partial charge in [-0.15, -0.1) is 11.8 Å². The van der Waals surface area contributed by atoms with Crippen LogP contribution in [-0.4, -0.2) is 34.6 Å². The monoisotopic (exact) mass is 340 g/mol. The summed E-state index contributed by atoms with van der Waals surface area (Å²) in [5.41, 5.74) is 0.927. The Morgan fingerprint density at radius 2 is 2.09 bits per heavy atom. The summed E-state index contributed by atoms with van der Waals surface area (Å²) in [4.78, 5) is 26.0. The molecule has 22 heavy (non-hydrogen) atoms. The molecule has 1 N–H and O–H groups in total. The van der Waals surface area contributed by atoms with E-state index in [-0.39, 0.29) is 28.5 Å². The molecule has 1 aromatic carbocycles. The van der Waals surface area contributed by atoms with Crippen LogP contribution in [0.15, 0.2) is 24.3 Å². The molecule has 6 heteroatoms. The van der Waals surface area contributed by atoms with E-state index in [1.165, 1.54) is 0 Å². The molecule has 0 aliphatic carbocycles. The fraction of sp³-hybridized carbons (Fsp3) is 0.500. The number of hydrogen-bond donors (Lipinski definition) is 1. The zero-order valence-electron chi connectivity index (χ0n) is 13.0. The number of carbonyl (C=O) groups excluding carboxylic acids is 2. The van der Waals surface area contributed by atoms with Crippen molar-refractivity contribution in [1.82, 2.24) is 10.2 Å². The van der Waals surface area contributed by atoms with Crippen LogP contribution in [0, 0.1) is 0 Å². The molecule has 1 aromatic rings. The Morgan fingerprint density at radius 3 is 2.73 bits per heavy atom. The third-order valence-electron chi connectivity index (χ3n) is 3.45. The Balaban J connectivity index is 2.11. The highest BCUT2D eigenvalue weighted by Crippen LogP contribution is 2.44. The van der Waals surface area contributed by atoms with Crippen molar-refractivity contribution in [2.24, 2.45) is 0 Å². The van der Waals surface area contributed by atoms with E-state index >= 15 is 0 Å². The van der Waals surface area contributed by atoms with Crippen molar-refractivity contribution in [1.29, 1.82) is 0 Å². The first-order valence-electron chi connectivity index (χ1n) is 7.40. The Kier molecular flexibility index (Phi) is 5.75. The van der Waals surface area contributed by atoms with Gasteiger partial charge in [-0.05, 0) is 26.8 Å². The van der Waals surface area contributed by atoms with Crippen LogP contribution in [-0.2, 0) is 9.59 Å². The van der Waals surface area contributed by atoms with Gasteiger partial charge in [-0.2, -0.15) is 0 Å². The van der Waals surface area contributed by atoms with Gasteiger partial charge < -0.3 is 10.2 Å². The van der Waals surface area contributed by atoms with E-state index in [9.17, 15) is 9.59 Å². The van der Waals surface area contributed by atoms with Crippen LogP contribution in [0.2, 0.25) is 5.02 Å². The maximum atomic E-state index is 12.4. The van der Waals surface area contributed by atoms with E-state index in [0.29, 0.717) is 18.0 Å². The van der Waals surface area contributed by atoms with Crippen molar-refractivity contribution in [3.8, 4) is 0 Å². The molecule has 1 fully saturated rings. The van der Waals surface area contributed by atoms with Gasteiger partial charge in [0.25, 0.3) is 0 Å². The second-order valence-electron chi connectivity index (χ2n) is 5.66. The number of thioether (sulfide) groups is 1. The number of rotatable bonds is 5. The summed E-state index contributed by atoms with van der Waals surface area (Å²) in [5, 5.41) is 3.26. The number of hydrogen-bond acceptors (Lipinski definition) is 3. The number of halogens is 1. The van der Waals surface area contributed by atoms with Gasteiger partial charge in [-0.25, -0.2) is 0 Å². The molecule has 2 amide bonds. The SMILES string of the molecule is CC(C)NC(=O)CCN1C(=O)[C@H](C)S[C@@H]1c1ccccc1Cl. The minimum absolute atomic E-state index is 0.0368. The van der Waals surface area contributed by atoms with Crippen molar-refractivity contribution in [2.45, 2.75) is 43.9 Å². The van der Waals surface area contributed by atoms with Gasteiger partial charge in [0.1, 0.15) is 5.37 Å². The molecule has 4 nitrogen and oxygen atoms in total. The predicted octanol–water partition coefficient (Wildman–Crippen LogP) is 3.22. The number of benzene rings is 1. The van der Waals surface area contributed by atoms with Crippen molar-refractivity contribution >= 4 is 35.2 Å². The minimum Gasteiger partial charge on any atom is -0.354 e. The van der Waals surface area contributed by atoms with Crippen LogP contribution >= 0.6 is 23.4 Å². The first-order chi connectivity index (χ1) is 10.4. The number of amides is 2. The van der Waals surface area contributed by atoms with Gasteiger partial charge in [0, 0.05) is 29.6 Å². The Bertz CT molecular complexity index is 565. The van der Waals surface area contributed by atoms with E-state index in [1.54, 1.807) is 16.7 Å². The quantitative estimate of drug-likeness (QED) is 0.895. The van der Waals surface area contributed by atoms with E-state index in [0.717, 1.165) is 5.56 Å². The van der Waals surface area contributed by atoms with Crippen LogP contribution in [0.3, 0.4) is 0 Å². The van der Waals surface area contributed by atoms with Crippen molar-refractivity contribution in [3.05, 3.63) is 34.9 Å². The van der Waals surface area contributed by atoms with Crippen LogP contribution in [0.5, 0.6) is 0 Å². The van der Waals surface area contributed by atoms with Crippen molar-refractivity contribution in [3.63, 3.8) is 0 Å². The molecule has 0 radical (unpaired) electrons. The van der Waals surface area contributed by atoms with E-state index in [1.807, 2.05) is 45.0 Å². The number of carbonyl (C=O) groups is 2. The van der Waals surface area contributed by atoms with E-state index < -0.39 is 0 Å². The summed E-state index contributed by atoms with van der Waals surface area (Å²) in [6.07, 6.45) is 0.304. The molecule has 0 spiro atoms. The molecule has 1 saturated heterocycles. The zero-order chi connectivity index (χ0) is 16.3. The third-order valence-corrected chi connectivity index (χ3v) is 5.17. The zero-order valence-corrected chi connectivity index (χ0v) is 14.6. The molecule has 0 unspecified atom stereocenters. The lowest BCUT2D eigenvalue weighted by atomic mass is 10.2. The molecule has 0 saturated carbocycles. The van der Waals surface area contributed by atoms with Gasteiger partial charge in [0.15, 0.2) is 0 Å². The number of nitrogens with zero attached hydrogens (tertiary/aromatic N) is 1. The highest BCUT2D eigenvalue weighted by molar-refractivity contribution is 8.01. The normalized spacial score (nSPS) is 21.5. The summed E-state index contributed by atoms with van der Waals surface area (Å²) in [5.74, 6) is 0.0255. The second-order valence-corrected chi connectivity index (χ2v) is 7.49. The molecule has 2 rings (SSSR count). The largest absolute Gasteiger partial charge is 0.354 e. The molecule has 1 aliphatic rings. The Labute approximate surface area is 140 Å². The first kappa shape index (κ1) is 17.2. The first-order valence-corrected chi connectivity index (χ1v) is 8.72. The predicted molar refractivity (Wildman–Crippen MR) is 90.9 cm³/mol. The Morgan fingerprint density at radius 1 is 1.41 bits per heavy atom. The van der Waals surface area contributed by atoms with E-state index in [2.05, 4.69) is 5.32 Å². The molecule has 1 heterocycles. The smallest absolute Gasteiger partial charge is 0.236 e. The van der Waals surface area contributed by atoms with Gasteiger partial charge in [-0.3, -0.25) is 9.59 Å². The standard InChI is InChI=1S/C16H21ClN2O2S/c1-10(2)18-14(20)8-9-19-15(21)11(3)22-16(19)12-6-4-5-7-13(12)17/h4-7,10-11,16H,8-9H2,1-3H3,(H,18,20)/t11-,16+/m0/s1. The average Bonchev–Trinajstić information content (AvgIpc) is 2.72. The molecule has 0 aromatic heterocycles. The third kappa shape index (κ3) is 3.96. The van der Waals surface area contributed by atoms with Gasteiger partial charge in [0.2, 0.25) is 11.8 Å². The van der Waals surface area contributed by atoms with Crippen molar-refractivity contribution in [2.75, 3.05) is 6.54 Å². The highest BCUT2D eigenvalue weighted by Gasteiger charge is 2.39. The molecular weight excluding hydrogens is 320 g/mol. The van der Waals surface area contributed by atoms with Gasteiger partial charge >= 0.3 is 0 Å². The minimum atomic E-state index is -0.122. The van der Waals surface area contributed by atoms with Gasteiger partial charge in [0.05, 0.1) is 5.25 Å². The van der Waals surface area contributed by atoms with Crippen molar-refractivity contribution < 1.29 is 9.59 Å². The van der Waals surface area contributed by atoms with Crippen LogP contribution in [0.25, 0.3) is 0 Å². The molecular formula is C16H21ClN2O2S. The topological polar surface area (TPSA) is 49.4 Å². The maximum absolute atomic E-state index is 12.4. The maximum Gasteiger partial charge on any atom is 0.236 e. The van der Waals surface area contributed by atoms with Crippen LogP contribution < -0.4 is 5.32 Å². The molecule has 1 aliphatic heterocycles. The number of nitrogens with one attached hydrogen (secondary N) is 1. The van der Waals surface area contributed by atoms with E-state index in [4.69, 9.17) is 11.6 Å². The Hall–Kier alpha value is -1.20. The summed E-state index contributed by atoms with van der Waals surface area (Å²) in [6, 6.07) is 7.66. The summed E-state index contributed by atoms with van der Waals surface area (Å²) >= 11 is 7.84. The lowest BCUT2D eigenvalue weighted by molar-refractivity contribution is -0.130. The lowest BCUT2D eigenvalue weighted by Crippen LogP contribution is -2.36. The average molecular weight is 341 g/mol. The summed E-state index contributed by atoms with van der Waals surface area (Å²) in [6.45, 7) is 6.14. The second kappa shape index (κ2) is 7.38. The summed E-state index contributed by atoms with van der Waals surface area (Å²) < 4.78 is 0. The van der Waals surface area contributed by atoms with Gasteiger partial charge in [-0.1, -0.05) is 29.8 Å². The summed E-state index contributed by atoms with van der Waals surface area (Å²) in [7, 11) is 0. The van der Waals surface area contributed by atoms with Crippen LogP contribution in [0.4, 0.5) is 0 Å². The molecule has 2 atom stereocenters. The van der Waals surface area contributed by atoms with Crippen LogP contribution in [0.1, 0.15) is 38.1 Å². The molecule has 120 valence electrons. The lowest BCUT2D eigenvalue weighted by Gasteiger charge is -2.24.